The Labute approximate surface area is 537 Å². The molecule has 13 aromatic rings. The zero-order valence-electron chi connectivity index (χ0n) is 54.0. The van der Waals surface area contributed by atoms with Crippen LogP contribution in [0.2, 0.25) is 0 Å². The summed E-state index contributed by atoms with van der Waals surface area (Å²) in [6, 6.07) is 96.2. The third-order valence-corrected chi connectivity index (χ3v) is 20.4. The molecule has 16 rings (SSSR count). The van der Waals surface area contributed by atoms with Crippen LogP contribution in [-0.4, -0.2) is 6.85 Å². The quantitative estimate of drug-likeness (QED) is 0.141. The van der Waals surface area contributed by atoms with Gasteiger partial charge in [0.15, 0.2) is 0 Å². The number of anilines is 8. The summed E-state index contributed by atoms with van der Waals surface area (Å²) in [7, 11) is 0. The van der Waals surface area contributed by atoms with Gasteiger partial charge in [-0.1, -0.05) is 233 Å². The average Bonchev–Trinajstić information content (AvgIpc) is 1.58. The second-order valence-electron chi connectivity index (χ2n) is 29.2. The molecule has 0 unspecified atom stereocenters. The van der Waals surface area contributed by atoms with Crippen LogP contribution in [0.3, 0.4) is 0 Å². The summed E-state index contributed by atoms with van der Waals surface area (Å²) < 4.78 is 7.25. The second-order valence-corrected chi connectivity index (χ2v) is 29.2. The molecule has 1 aliphatic carbocycles. The number of hydrogen-bond donors (Lipinski definition) is 0. The Morgan fingerprint density at radius 1 is 0.396 bits per heavy atom. The Morgan fingerprint density at radius 3 is 1.56 bits per heavy atom. The smallest absolute Gasteiger partial charge is 0.333 e. The van der Waals surface area contributed by atoms with E-state index in [-0.39, 0.29) is 28.5 Å². The highest BCUT2D eigenvalue weighted by molar-refractivity contribution is 6.94. The Balaban J connectivity index is 1.02. The Kier molecular flexibility index (Phi) is 12.9. The molecule has 0 spiro atoms. The molecule has 91 heavy (non-hydrogen) atoms. The van der Waals surface area contributed by atoms with Crippen molar-refractivity contribution in [3.8, 4) is 44.5 Å². The molecule has 3 heterocycles. The fourth-order valence-corrected chi connectivity index (χ4v) is 15.2. The molecule has 2 aliphatic heterocycles. The monoisotopic (exact) mass is 1180 g/mol. The van der Waals surface area contributed by atoms with Crippen molar-refractivity contribution in [2.24, 2.45) is 0 Å². The Hall–Kier alpha value is -9.84. The van der Waals surface area contributed by atoms with E-state index in [1.807, 2.05) is 0 Å². The van der Waals surface area contributed by atoms with Gasteiger partial charge in [-0.25, -0.2) is 0 Å². The maximum absolute atomic E-state index is 7.25. The maximum atomic E-state index is 7.25. The van der Waals surface area contributed by atoms with E-state index >= 15 is 0 Å². The minimum atomic E-state index is -0.267. The largest absolute Gasteiger partial charge is 0.456 e. The van der Waals surface area contributed by atoms with Crippen molar-refractivity contribution in [1.29, 1.82) is 0 Å². The van der Waals surface area contributed by atoms with Crippen LogP contribution in [-0.2, 0) is 21.7 Å². The normalized spacial score (nSPS) is 14.7. The number of fused-ring (bicyclic) bond motifs is 10. The topological polar surface area (TPSA) is 22.9 Å². The highest BCUT2D eigenvalue weighted by Crippen LogP contribution is 2.55. The van der Waals surface area contributed by atoms with Gasteiger partial charge in [0.2, 0.25) is 0 Å². The summed E-state index contributed by atoms with van der Waals surface area (Å²) in [5.74, 6) is 0. The molecular weight excluding hydrogens is 1100 g/mol. The molecule has 12 aromatic carbocycles. The maximum Gasteiger partial charge on any atom is 0.333 e. The molecule has 5 heteroatoms. The first-order valence-corrected chi connectivity index (χ1v) is 32.6. The first-order chi connectivity index (χ1) is 43.9. The summed E-state index contributed by atoms with van der Waals surface area (Å²) in [6.45, 7) is 23.3. The first kappa shape index (κ1) is 56.4. The average molecular weight is 1180 g/mol. The van der Waals surface area contributed by atoms with Gasteiger partial charge in [-0.3, -0.25) is 0 Å². The van der Waals surface area contributed by atoms with Crippen LogP contribution in [0.4, 0.5) is 45.5 Å². The minimum Gasteiger partial charge on any atom is -0.456 e. The van der Waals surface area contributed by atoms with Gasteiger partial charge in [-0.05, 0) is 203 Å². The van der Waals surface area contributed by atoms with Crippen molar-refractivity contribution in [3.63, 3.8) is 0 Å². The lowest BCUT2D eigenvalue weighted by atomic mass is 9.43. The van der Waals surface area contributed by atoms with Gasteiger partial charge in [-0.15, -0.1) is 0 Å². The summed E-state index contributed by atoms with van der Waals surface area (Å²) in [5, 5.41) is 4.72. The van der Waals surface area contributed by atoms with E-state index in [0.29, 0.717) is 0 Å². The number of benzene rings is 12. The standard InChI is InChI=1S/C86H76BN3O/c1-83(2,3)61-36-39-63(40-37-61)90-76-52-70-69-51-72-73(86(9,10)45-44-85(72,7)8)54-80(69)91-79(70)53-71(76)81-67-35-21-20-30-60(67)48-78-82(81)87(90)74-42-41-66(50-77(74)89(78)75-43-38-62(84(4,5)6)49-68(75)57-28-18-13-19-29-57)88(64-33-22-31-58(46-64)55-24-14-11-15-25-55)65-34-23-32-59(47-65)56-26-16-12-17-27-56/h11-43,46-54H,44-45H2,1-10H3. The van der Waals surface area contributed by atoms with Crippen molar-refractivity contribution >= 4 is 96.0 Å². The molecule has 0 fully saturated rings. The zero-order chi connectivity index (χ0) is 62.3. The molecule has 3 aliphatic rings. The highest BCUT2D eigenvalue weighted by Gasteiger charge is 2.47. The molecule has 0 saturated carbocycles. The predicted molar refractivity (Wildman–Crippen MR) is 389 cm³/mol. The van der Waals surface area contributed by atoms with Crippen LogP contribution in [0.25, 0.3) is 77.2 Å². The molecule has 1 aromatic heterocycles. The summed E-state index contributed by atoms with van der Waals surface area (Å²) in [5.41, 5.74) is 27.9. The predicted octanol–water partition coefficient (Wildman–Crippen LogP) is 22.9. The number of hydrogen-bond acceptors (Lipinski definition) is 4. The van der Waals surface area contributed by atoms with Crippen LogP contribution < -0.4 is 25.5 Å². The summed E-state index contributed by atoms with van der Waals surface area (Å²) >= 11 is 0. The molecule has 444 valence electrons. The van der Waals surface area contributed by atoms with Crippen LogP contribution in [0, 0.1) is 0 Å². The molecule has 0 atom stereocenters. The molecule has 0 saturated heterocycles. The second kappa shape index (κ2) is 20.9. The van der Waals surface area contributed by atoms with E-state index in [1.165, 1.54) is 77.2 Å². The van der Waals surface area contributed by atoms with Crippen molar-refractivity contribution in [2.75, 3.05) is 14.6 Å². The van der Waals surface area contributed by atoms with Crippen molar-refractivity contribution in [2.45, 2.75) is 104 Å². The third kappa shape index (κ3) is 9.41. The third-order valence-electron chi connectivity index (χ3n) is 20.4. The number of nitrogens with zero attached hydrogens (tertiary/aromatic N) is 3. The van der Waals surface area contributed by atoms with Gasteiger partial charge in [-0.2, -0.15) is 0 Å². The van der Waals surface area contributed by atoms with Crippen molar-refractivity contribution < 1.29 is 4.42 Å². The fourth-order valence-electron chi connectivity index (χ4n) is 15.2. The van der Waals surface area contributed by atoms with Crippen molar-refractivity contribution in [3.05, 3.63) is 277 Å². The molecule has 0 bridgehead atoms. The number of rotatable bonds is 8. The Morgan fingerprint density at radius 2 is 0.934 bits per heavy atom. The molecule has 4 nitrogen and oxygen atoms in total. The zero-order valence-corrected chi connectivity index (χ0v) is 54.0. The van der Waals surface area contributed by atoms with Crippen LogP contribution in [0.5, 0.6) is 0 Å². The lowest BCUT2D eigenvalue weighted by molar-refractivity contribution is 0.332. The van der Waals surface area contributed by atoms with Gasteiger partial charge in [0.25, 0.3) is 0 Å². The molecular formula is C86H76BN3O. The van der Waals surface area contributed by atoms with Gasteiger partial charge < -0.3 is 19.0 Å². The summed E-state index contributed by atoms with van der Waals surface area (Å²) in [6.07, 6.45) is 2.28. The van der Waals surface area contributed by atoms with Crippen LogP contribution in [0.1, 0.15) is 104 Å². The summed E-state index contributed by atoms with van der Waals surface area (Å²) in [4.78, 5) is 7.79. The lowest BCUT2D eigenvalue weighted by Gasteiger charge is -2.46. The Bertz CT molecular complexity index is 4940. The van der Waals surface area contributed by atoms with E-state index in [2.05, 4.69) is 339 Å². The first-order valence-electron chi connectivity index (χ1n) is 32.6. The van der Waals surface area contributed by atoms with Gasteiger partial charge in [0.1, 0.15) is 11.2 Å². The van der Waals surface area contributed by atoms with Gasteiger partial charge in [0, 0.05) is 61.7 Å². The van der Waals surface area contributed by atoms with Gasteiger partial charge >= 0.3 is 6.85 Å². The van der Waals surface area contributed by atoms with E-state index in [9.17, 15) is 0 Å². The minimum absolute atomic E-state index is 0.0287. The SMILES string of the molecule is CC(C)(C)c1ccc(N2B3c4ccc(N(c5cccc(-c6ccccc6)c5)c5cccc(-c6ccccc6)c5)cc4N(c4ccc(C(C)(C)C)cc4-c4ccccc4)c4cc5ccccc5c(c43)-c3cc4oc5cc6c(cc5c4cc32)C(C)(C)CCC6(C)C)cc1. The number of furan rings is 1. The van der Waals surface area contributed by atoms with E-state index in [1.54, 1.807) is 0 Å². The van der Waals surface area contributed by atoms with Crippen LogP contribution >= 0.6 is 0 Å². The van der Waals surface area contributed by atoms with Crippen molar-refractivity contribution in [1.82, 2.24) is 0 Å². The molecule has 0 amide bonds. The fraction of sp³-hybridized carbons (Fsp3) is 0.186. The van der Waals surface area contributed by atoms with Crippen LogP contribution in [0.15, 0.2) is 259 Å². The van der Waals surface area contributed by atoms with Gasteiger partial charge in [0.05, 0.1) is 5.69 Å². The molecule has 0 radical (unpaired) electrons. The van der Waals surface area contributed by atoms with E-state index < -0.39 is 0 Å². The lowest BCUT2D eigenvalue weighted by Crippen LogP contribution is -2.61. The van der Waals surface area contributed by atoms with E-state index in [4.69, 9.17) is 4.42 Å². The van der Waals surface area contributed by atoms with E-state index in [0.717, 1.165) is 91.6 Å². The highest BCUT2D eigenvalue weighted by atomic mass is 16.3. The molecule has 0 N–H and O–H groups in total.